The minimum absolute atomic E-state index is 0.179. The number of carbonyl (C=O) groups excluding carboxylic acids is 1. The summed E-state index contributed by atoms with van der Waals surface area (Å²) in [5, 5.41) is 0. The van der Waals surface area contributed by atoms with Gasteiger partial charge in [-0.15, -0.1) is 0 Å². The van der Waals surface area contributed by atoms with Gasteiger partial charge in [0.2, 0.25) is 6.29 Å². The third kappa shape index (κ3) is 10.3. The van der Waals surface area contributed by atoms with Gasteiger partial charge in [-0.1, -0.05) is 108 Å². The second-order valence-electron chi connectivity index (χ2n) is 10.6. The molecule has 0 fully saturated rings. The zero-order chi connectivity index (χ0) is 26.2. The van der Waals surface area contributed by atoms with E-state index in [9.17, 15) is 4.79 Å². The second kappa shape index (κ2) is 16.4. The fraction of sp³-hybridized carbons (Fsp3) is 0.594. The number of ether oxygens (including phenoxy) is 2. The first-order valence-electron chi connectivity index (χ1n) is 14.2. The lowest BCUT2D eigenvalue weighted by Gasteiger charge is -2.36. The largest absolute Gasteiger partial charge is 0.454 e. The molecule has 0 amide bonds. The van der Waals surface area contributed by atoms with Crippen molar-refractivity contribution in [2.24, 2.45) is 0 Å². The first-order valence-corrected chi connectivity index (χ1v) is 14.2. The lowest BCUT2D eigenvalue weighted by molar-refractivity contribution is -0.919. The van der Waals surface area contributed by atoms with E-state index >= 15 is 0 Å². The Kier molecular flexibility index (Phi) is 13.6. The highest BCUT2D eigenvalue weighted by Crippen LogP contribution is 2.25. The van der Waals surface area contributed by atoms with Crippen molar-refractivity contribution in [1.29, 1.82) is 0 Å². The Morgan fingerprint density at radius 3 is 2.11 bits per heavy atom. The molecule has 36 heavy (non-hydrogen) atoms. The Morgan fingerprint density at radius 2 is 1.44 bits per heavy atom. The van der Waals surface area contributed by atoms with E-state index in [1.165, 1.54) is 49.7 Å². The van der Waals surface area contributed by atoms with Crippen molar-refractivity contribution in [3.8, 4) is 5.75 Å². The molecule has 0 spiro atoms. The highest BCUT2D eigenvalue weighted by atomic mass is 16.7. The fourth-order valence-corrected chi connectivity index (χ4v) is 4.94. The standard InChI is InChI=1S/C32H50NO3/c1-6-9-10-11-12-13-17-23-28-24-18-19-25-30(28)35-31(20-7-2)36-32(34)29(8-3)33(4,5)26-27-21-15-14-16-22-27/h14-16,18-19,21-22,24-25,29,31H,6-13,17,20,23,26H2,1-5H3/q+1. The highest BCUT2D eigenvalue weighted by molar-refractivity contribution is 5.74. The van der Waals surface area contributed by atoms with Crippen molar-refractivity contribution in [2.45, 2.75) is 110 Å². The molecule has 0 aliphatic rings. The van der Waals surface area contributed by atoms with Crippen LogP contribution < -0.4 is 4.74 Å². The third-order valence-corrected chi connectivity index (χ3v) is 6.99. The van der Waals surface area contributed by atoms with Crippen LogP contribution in [0.3, 0.4) is 0 Å². The van der Waals surface area contributed by atoms with Crippen LogP contribution in [0.25, 0.3) is 0 Å². The van der Waals surface area contributed by atoms with Crippen LogP contribution in [0, 0.1) is 0 Å². The summed E-state index contributed by atoms with van der Waals surface area (Å²) in [4.78, 5) is 13.4. The van der Waals surface area contributed by atoms with Crippen LogP contribution in [-0.2, 0) is 22.5 Å². The molecule has 0 aliphatic heterocycles. The number of nitrogens with zero attached hydrogens (tertiary/aromatic N) is 1. The number of likely N-dealkylation sites (N-methyl/N-ethyl adjacent to an activating group) is 1. The Bertz CT molecular complexity index is 865. The van der Waals surface area contributed by atoms with Gasteiger partial charge in [-0.2, -0.15) is 0 Å². The molecule has 4 heteroatoms. The molecular weight excluding hydrogens is 446 g/mol. The molecule has 2 aromatic carbocycles. The summed E-state index contributed by atoms with van der Waals surface area (Å²) in [7, 11) is 4.21. The van der Waals surface area contributed by atoms with E-state index in [-0.39, 0.29) is 12.0 Å². The van der Waals surface area contributed by atoms with E-state index in [4.69, 9.17) is 9.47 Å². The maximum absolute atomic E-state index is 13.4. The molecule has 2 atom stereocenters. The van der Waals surface area contributed by atoms with Crippen LogP contribution >= 0.6 is 0 Å². The summed E-state index contributed by atoms with van der Waals surface area (Å²) in [6.45, 7) is 7.19. The summed E-state index contributed by atoms with van der Waals surface area (Å²) in [5.74, 6) is 0.669. The molecule has 0 N–H and O–H groups in total. The number of quaternary nitrogens is 1. The average Bonchev–Trinajstić information content (AvgIpc) is 2.85. The second-order valence-corrected chi connectivity index (χ2v) is 10.6. The monoisotopic (exact) mass is 496 g/mol. The highest BCUT2D eigenvalue weighted by Gasteiger charge is 2.36. The molecule has 2 aromatic rings. The number of rotatable bonds is 18. The number of para-hydroxylation sites is 1. The van der Waals surface area contributed by atoms with Crippen LogP contribution in [0.5, 0.6) is 5.75 Å². The summed E-state index contributed by atoms with van der Waals surface area (Å²) < 4.78 is 12.9. The van der Waals surface area contributed by atoms with Crippen LogP contribution in [0.1, 0.15) is 96.1 Å². The Hall–Kier alpha value is -2.33. The summed E-state index contributed by atoms with van der Waals surface area (Å²) in [6, 6.07) is 18.3. The predicted octanol–water partition coefficient (Wildman–Crippen LogP) is 8.08. The van der Waals surface area contributed by atoms with Crippen molar-refractivity contribution < 1.29 is 18.8 Å². The van der Waals surface area contributed by atoms with E-state index < -0.39 is 6.29 Å². The first kappa shape index (κ1) is 29.9. The summed E-state index contributed by atoms with van der Waals surface area (Å²) in [5.41, 5.74) is 2.42. The predicted molar refractivity (Wildman–Crippen MR) is 150 cm³/mol. The van der Waals surface area contributed by atoms with E-state index in [0.717, 1.165) is 31.6 Å². The minimum atomic E-state index is -0.566. The van der Waals surface area contributed by atoms with Gasteiger partial charge in [-0.05, 0) is 30.9 Å². The maximum atomic E-state index is 13.4. The van der Waals surface area contributed by atoms with Gasteiger partial charge < -0.3 is 14.0 Å². The van der Waals surface area contributed by atoms with Gasteiger partial charge in [-0.25, -0.2) is 4.79 Å². The molecule has 0 heterocycles. The summed E-state index contributed by atoms with van der Waals surface area (Å²) in [6.07, 6.45) is 11.7. The number of unbranched alkanes of at least 4 members (excludes halogenated alkanes) is 6. The molecule has 0 aliphatic carbocycles. The Balaban J connectivity index is 1.99. The third-order valence-electron chi connectivity index (χ3n) is 6.99. The smallest absolute Gasteiger partial charge is 0.368 e. The zero-order valence-electron chi connectivity index (χ0n) is 23.5. The maximum Gasteiger partial charge on any atom is 0.368 e. The van der Waals surface area contributed by atoms with Gasteiger partial charge in [0.1, 0.15) is 12.3 Å². The molecule has 4 nitrogen and oxygen atoms in total. The van der Waals surface area contributed by atoms with Crippen LogP contribution in [0.2, 0.25) is 0 Å². The van der Waals surface area contributed by atoms with Gasteiger partial charge in [0.25, 0.3) is 0 Å². The Morgan fingerprint density at radius 1 is 0.806 bits per heavy atom. The number of aryl methyl sites for hydroxylation is 1. The van der Waals surface area contributed by atoms with Crippen molar-refractivity contribution >= 4 is 5.97 Å². The van der Waals surface area contributed by atoms with Crippen LogP contribution in [0.15, 0.2) is 54.6 Å². The normalized spacial score (nSPS) is 13.2. The average molecular weight is 497 g/mol. The van der Waals surface area contributed by atoms with E-state index in [2.05, 4.69) is 59.1 Å². The number of esters is 1. The van der Waals surface area contributed by atoms with E-state index in [0.29, 0.717) is 17.3 Å². The van der Waals surface area contributed by atoms with E-state index in [1.807, 2.05) is 30.3 Å². The van der Waals surface area contributed by atoms with Gasteiger partial charge >= 0.3 is 5.97 Å². The van der Waals surface area contributed by atoms with Crippen molar-refractivity contribution in [3.63, 3.8) is 0 Å². The van der Waals surface area contributed by atoms with Gasteiger partial charge in [0, 0.05) is 18.4 Å². The lowest BCUT2D eigenvalue weighted by Crippen LogP contribution is -2.53. The minimum Gasteiger partial charge on any atom is -0.454 e. The number of hydrogen-bond donors (Lipinski definition) is 0. The van der Waals surface area contributed by atoms with Crippen LogP contribution in [-0.4, -0.2) is 36.9 Å². The van der Waals surface area contributed by atoms with Gasteiger partial charge in [-0.3, -0.25) is 0 Å². The van der Waals surface area contributed by atoms with Crippen molar-refractivity contribution in [1.82, 2.24) is 0 Å². The molecule has 0 saturated carbocycles. The Labute approximate surface area is 220 Å². The number of carbonyl (C=O) groups is 1. The summed E-state index contributed by atoms with van der Waals surface area (Å²) >= 11 is 0. The van der Waals surface area contributed by atoms with Crippen molar-refractivity contribution in [3.05, 3.63) is 65.7 Å². The van der Waals surface area contributed by atoms with Crippen molar-refractivity contribution in [2.75, 3.05) is 14.1 Å². The fourth-order valence-electron chi connectivity index (χ4n) is 4.94. The van der Waals surface area contributed by atoms with E-state index in [1.54, 1.807) is 0 Å². The van der Waals surface area contributed by atoms with Gasteiger partial charge in [0.05, 0.1) is 14.1 Å². The molecule has 0 saturated heterocycles. The zero-order valence-corrected chi connectivity index (χ0v) is 23.5. The van der Waals surface area contributed by atoms with Gasteiger partial charge in [0.15, 0.2) is 6.04 Å². The van der Waals surface area contributed by atoms with Crippen LogP contribution in [0.4, 0.5) is 0 Å². The quantitative estimate of drug-likeness (QED) is 0.0905. The topological polar surface area (TPSA) is 35.5 Å². The molecule has 0 aromatic heterocycles. The molecule has 0 radical (unpaired) electrons. The molecule has 0 bridgehead atoms. The molecule has 2 unspecified atom stereocenters. The molecule has 200 valence electrons. The molecule has 2 rings (SSSR count). The lowest BCUT2D eigenvalue weighted by atomic mass is 10.0. The first-order chi connectivity index (χ1) is 17.4. The number of benzene rings is 2. The molecular formula is C32H50NO3+. The SMILES string of the molecule is CCCCCCCCCc1ccccc1OC(CCC)OC(=O)C(CC)[N+](C)(C)Cc1ccccc1. The number of hydrogen-bond acceptors (Lipinski definition) is 3.